The van der Waals surface area contributed by atoms with Crippen LogP contribution in [0.25, 0.3) is 0 Å². The Kier molecular flexibility index (Phi) is 7.14. The van der Waals surface area contributed by atoms with Crippen LogP contribution in [0.15, 0.2) is 0 Å². The van der Waals surface area contributed by atoms with Crippen molar-refractivity contribution >= 4 is 20.9 Å². The van der Waals surface area contributed by atoms with Gasteiger partial charge in [-0.3, -0.25) is 0 Å². The Hall–Kier alpha value is 0.427. The van der Waals surface area contributed by atoms with Crippen molar-refractivity contribution < 1.29 is 8.85 Å². The fourth-order valence-corrected chi connectivity index (χ4v) is 3.05. The van der Waals surface area contributed by atoms with E-state index in [4.69, 9.17) is 20.5 Å². The summed E-state index contributed by atoms with van der Waals surface area (Å²) in [6.07, 6.45) is 0. The first kappa shape index (κ1) is 12.4. The summed E-state index contributed by atoms with van der Waals surface area (Å²) in [6, 6.07) is 0. The summed E-state index contributed by atoms with van der Waals surface area (Å²) in [5.74, 6) is 0. The molecule has 0 saturated carbocycles. The summed E-state index contributed by atoms with van der Waals surface area (Å²) >= 11 is 5.97. The summed E-state index contributed by atoms with van der Waals surface area (Å²) in [6.45, 7) is 9.52. The van der Waals surface area contributed by atoms with Crippen molar-refractivity contribution in [2.75, 3.05) is 13.2 Å². The van der Waals surface area contributed by atoms with Crippen LogP contribution in [0, 0.1) is 0 Å². The molecule has 0 bridgehead atoms. The summed E-state index contributed by atoms with van der Waals surface area (Å²) < 4.78 is 11.1. The van der Waals surface area contributed by atoms with Gasteiger partial charge >= 0.3 is 9.28 Å². The molecule has 0 radical (unpaired) electrons. The minimum absolute atomic E-state index is 0.139. The average molecular weight is 211 g/mol. The van der Waals surface area contributed by atoms with Crippen LogP contribution >= 0.6 is 11.6 Å². The van der Waals surface area contributed by atoms with Crippen LogP contribution in [0.5, 0.6) is 0 Å². The van der Waals surface area contributed by atoms with Crippen molar-refractivity contribution in [1.82, 2.24) is 0 Å². The highest BCUT2D eigenvalue weighted by molar-refractivity contribution is 6.48. The van der Waals surface area contributed by atoms with Crippen molar-refractivity contribution in [2.24, 2.45) is 0 Å². The molecule has 0 N–H and O–H groups in total. The first-order valence-electron chi connectivity index (χ1n) is 4.50. The molecule has 12 heavy (non-hydrogen) atoms. The predicted octanol–water partition coefficient (Wildman–Crippen LogP) is 2.30. The maximum Gasteiger partial charge on any atom is 0.325 e. The van der Waals surface area contributed by atoms with Crippen LogP contribution < -0.4 is 0 Å². The lowest BCUT2D eigenvalue weighted by Crippen LogP contribution is -2.31. The first-order chi connectivity index (χ1) is 5.63. The zero-order chi connectivity index (χ0) is 9.56. The molecule has 0 amide bonds. The van der Waals surface area contributed by atoms with E-state index in [0.29, 0.717) is 5.54 Å². The van der Waals surface area contributed by atoms with Crippen molar-refractivity contribution in [3.05, 3.63) is 0 Å². The van der Waals surface area contributed by atoms with Gasteiger partial charge in [-0.05, 0) is 20.8 Å². The van der Waals surface area contributed by atoms with Crippen LogP contribution in [0.1, 0.15) is 27.7 Å². The van der Waals surface area contributed by atoms with E-state index < -0.39 is 9.28 Å². The lowest BCUT2D eigenvalue weighted by atomic mass is 10.4. The first-order valence-corrected chi connectivity index (χ1v) is 6.55. The molecule has 0 aromatic heterocycles. The molecule has 2 unspecified atom stereocenters. The number of hydrogen-bond donors (Lipinski definition) is 0. The third kappa shape index (κ3) is 4.45. The summed E-state index contributed by atoms with van der Waals surface area (Å²) in [5, 5.41) is 0.139. The molecule has 0 saturated heterocycles. The van der Waals surface area contributed by atoms with Gasteiger partial charge in [0.15, 0.2) is 0 Å². The van der Waals surface area contributed by atoms with E-state index in [0.717, 1.165) is 13.2 Å². The van der Waals surface area contributed by atoms with Gasteiger partial charge in [-0.25, -0.2) is 0 Å². The second kappa shape index (κ2) is 6.89. The summed E-state index contributed by atoms with van der Waals surface area (Å²) in [4.78, 5) is 0. The smallest absolute Gasteiger partial charge is 0.325 e. The van der Waals surface area contributed by atoms with Gasteiger partial charge in [0, 0.05) is 24.1 Å². The van der Waals surface area contributed by atoms with Crippen LogP contribution in [0.4, 0.5) is 0 Å². The molecule has 4 heteroatoms. The predicted molar refractivity (Wildman–Crippen MR) is 55.1 cm³/mol. The molecular weight excluding hydrogens is 192 g/mol. The van der Waals surface area contributed by atoms with Crippen LogP contribution in [-0.2, 0) is 8.85 Å². The molecule has 0 aliphatic heterocycles. The highest BCUT2D eigenvalue weighted by Gasteiger charge is 2.25. The zero-order valence-corrected chi connectivity index (χ0v) is 10.3. The van der Waals surface area contributed by atoms with Gasteiger partial charge < -0.3 is 8.85 Å². The molecule has 0 aliphatic carbocycles. The molecule has 0 spiro atoms. The van der Waals surface area contributed by atoms with Gasteiger partial charge in [0.05, 0.1) is 0 Å². The van der Waals surface area contributed by atoms with Crippen LogP contribution in [-0.4, -0.2) is 27.9 Å². The van der Waals surface area contributed by atoms with Gasteiger partial charge in [0.25, 0.3) is 0 Å². The van der Waals surface area contributed by atoms with E-state index in [-0.39, 0.29) is 5.38 Å². The van der Waals surface area contributed by atoms with Crippen LogP contribution in [0.2, 0.25) is 5.54 Å². The second-order valence-electron chi connectivity index (χ2n) is 2.82. The van der Waals surface area contributed by atoms with Crippen molar-refractivity contribution in [2.45, 2.75) is 38.6 Å². The summed E-state index contributed by atoms with van der Waals surface area (Å²) in [7, 11) is -1.52. The van der Waals surface area contributed by atoms with E-state index in [9.17, 15) is 0 Å². The van der Waals surface area contributed by atoms with Crippen LogP contribution in [0.3, 0.4) is 0 Å². The minimum Gasteiger partial charge on any atom is -0.397 e. The Morgan fingerprint density at radius 1 is 1.17 bits per heavy atom. The molecule has 0 aliphatic rings. The van der Waals surface area contributed by atoms with E-state index in [2.05, 4.69) is 6.92 Å². The second-order valence-corrected chi connectivity index (χ2v) is 5.96. The molecule has 0 fully saturated rings. The third-order valence-electron chi connectivity index (χ3n) is 1.82. The molecule has 2 nitrogen and oxygen atoms in total. The molecular formula is C8H19ClO2Si. The lowest BCUT2D eigenvalue weighted by molar-refractivity contribution is 0.205. The van der Waals surface area contributed by atoms with E-state index in [1.54, 1.807) is 0 Å². The topological polar surface area (TPSA) is 18.5 Å². The Morgan fingerprint density at radius 3 is 1.83 bits per heavy atom. The quantitative estimate of drug-likeness (QED) is 0.495. The number of rotatable bonds is 6. The lowest BCUT2D eigenvalue weighted by Gasteiger charge is -2.22. The van der Waals surface area contributed by atoms with E-state index in [1.165, 1.54) is 0 Å². The molecule has 0 heterocycles. The van der Waals surface area contributed by atoms with Gasteiger partial charge in [-0.2, -0.15) is 0 Å². The molecule has 74 valence electrons. The molecule has 0 aromatic rings. The van der Waals surface area contributed by atoms with E-state index in [1.807, 2.05) is 20.8 Å². The van der Waals surface area contributed by atoms with Crippen molar-refractivity contribution in [3.8, 4) is 0 Å². The van der Waals surface area contributed by atoms with Crippen molar-refractivity contribution in [3.63, 3.8) is 0 Å². The minimum atomic E-state index is -1.52. The normalized spacial score (nSPS) is 16.5. The molecule has 2 atom stereocenters. The Balaban J connectivity index is 3.89. The highest BCUT2D eigenvalue weighted by atomic mass is 35.5. The Bertz CT molecular complexity index is 105. The Labute approximate surface area is 82.0 Å². The van der Waals surface area contributed by atoms with Crippen molar-refractivity contribution in [1.29, 1.82) is 0 Å². The zero-order valence-electron chi connectivity index (χ0n) is 8.34. The number of hydrogen-bond acceptors (Lipinski definition) is 2. The largest absolute Gasteiger partial charge is 0.397 e. The van der Waals surface area contributed by atoms with Gasteiger partial charge in [-0.1, -0.05) is 6.92 Å². The SMILES string of the molecule is CCO[SiH](OCC)C(C)C(C)Cl. The fraction of sp³-hybridized carbons (Fsp3) is 1.00. The summed E-state index contributed by atoms with van der Waals surface area (Å²) in [5.41, 5.74) is 0.367. The highest BCUT2D eigenvalue weighted by Crippen LogP contribution is 2.20. The van der Waals surface area contributed by atoms with Gasteiger partial charge in [0.1, 0.15) is 0 Å². The Morgan fingerprint density at radius 2 is 1.58 bits per heavy atom. The molecule has 0 aromatic carbocycles. The van der Waals surface area contributed by atoms with E-state index >= 15 is 0 Å². The monoisotopic (exact) mass is 210 g/mol. The van der Waals surface area contributed by atoms with Gasteiger partial charge in [-0.15, -0.1) is 11.6 Å². The number of alkyl halides is 1. The third-order valence-corrected chi connectivity index (χ3v) is 5.22. The van der Waals surface area contributed by atoms with Gasteiger partial charge in [0.2, 0.25) is 0 Å². The fourth-order valence-electron chi connectivity index (χ4n) is 0.897. The standard InChI is InChI=1S/C8H19ClO2Si/c1-5-10-12(11-6-2)8(4)7(3)9/h7-8,12H,5-6H2,1-4H3. The maximum atomic E-state index is 5.97. The number of halogens is 1. The maximum absolute atomic E-state index is 5.97. The molecule has 0 rings (SSSR count). The average Bonchev–Trinajstić information content (AvgIpc) is 2.03.